The van der Waals surface area contributed by atoms with E-state index in [1.165, 1.54) is 13.2 Å². The molecule has 0 unspecified atom stereocenters. The van der Waals surface area contributed by atoms with E-state index in [-0.39, 0.29) is 47.4 Å². The van der Waals surface area contributed by atoms with Crippen LogP contribution in [0.5, 0.6) is 5.75 Å². The predicted molar refractivity (Wildman–Crippen MR) is 165 cm³/mol. The second-order valence-corrected chi connectivity index (χ2v) is 11.2. The Hall–Kier alpha value is -4.98. The lowest BCUT2D eigenvalue weighted by Gasteiger charge is -2.30. The van der Waals surface area contributed by atoms with Gasteiger partial charge in [-0.3, -0.25) is 14.3 Å². The average molecular weight is 636 g/mol. The number of nitrogen functional groups attached to an aromatic ring is 1. The van der Waals surface area contributed by atoms with Gasteiger partial charge < -0.3 is 25.8 Å². The molecule has 3 aromatic heterocycles. The minimum absolute atomic E-state index is 0.0146. The molecular formula is C32H32F3N7O4. The Kier molecular flexibility index (Phi) is 8.63. The van der Waals surface area contributed by atoms with E-state index >= 15 is 0 Å². The Morgan fingerprint density at radius 3 is 2.85 bits per heavy atom. The van der Waals surface area contributed by atoms with Gasteiger partial charge in [0.2, 0.25) is 5.91 Å². The number of nitrogens with one attached hydrogen (secondary N) is 2. The van der Waals surface area contributed by atoms with Crippen molar-refractivity contribution in [3.05, 3.63) is 65.5 Å². The minimum Gasteiger partial charge on any atom is -0.496 e. The number of anilines is 2. The molecule has 4 heterocycles. The van der Waals surface area contributed by atoms with Crippen molar-refractivity contribution < 1.29 is 32.2 Å². The van der Waals surface area contributed by atoms with Crippen LogP contribution in [0.1, 0.15) is 59.6 Å². The van der Waals surface area contributed by atoms with Crippen LogP contribution in [0, 0.1) is 0 Å². The van der Waals surface area contributed by atoms with Crippen LogP contribution in [0.2, 0.25) is 0 Å². The molecular weight excluding hydrogens is 603 g/mol. The fourth-order valence-corrected chi connectivity index (χ4v) is 6.00. The third kappa shape index (κ3) is 6.38. The number of nitrogens with zero attached hydrogens (tertiary/aromatic N) is 4. The van der Waals surface area contributed by atoms with Gasteiger partial charge in [0.25, 0.3) is 5.91 Å². The topological polar surface area (TPSA) is 146 Å². The molecule has 6 rings (SSSR count). The van der Waals surface area contributed by atoms with Crippen molar-refractivity contribution in [2.75, 3.05) is 31.4 Å². The summed E-state index contributed by atoms with van der Waals surface area (Å²) in [4.78, 5) is 34.0. The van der Waals surface area contributed by atoms with Gasteiger partial charge in [-0.15, -0.1) is 0 Å². The van der Waals surface area contributed by atoms with Crippen molar-refractivity contribution in [1.29, 1.82) is 0 Å². The van der Waals surface area contributed by atoms with Gasteiger partial charge in [-0.2, -0.15) is 18.3 Å². The Labute approximate surface area is 262 Å². The highest BCUT2D eigenvalue weighted by molar-refractivity contribution is 6.07. The first-order valence-electron chi connectivity index (χ1n) is 14.9. The Bertz CT molecular complexity index is 1820. The molecule has 2 amide bonds. The number of hydrogen-bond acceptors (Lipinski definition) is 8. The summed E-state index contributed by atoms with van der Waals surface area (Å²) in [5.41, 5.74) is 8.32. The largest absolute Gasteiger partial charge is 0.496 e. The van der Waals surface area contributed by atoms with Gasteiger partial charge in [-0.05, 0) is 49.9 Å². The average Bonchev–Trinajstić information content (AvgIpc) is 3.45. The molecule has 14 heteroatoms. The second-order valence-electron chi connectivity index (χ2n) is 11.2. The molecule has 1 aromatic carbocycles. The fraction of sp³-hybridized carbons (Fsp3) is 0.344. The number of alkyl halides is 3. The van der Waals surface area contributed by atoms with E-state index in [4.69, 9.17) is 20.3 Å². The molecule has 0 radical (unpaired) electrons. The molecule has 2 bridgehead atoms. The first kappa shape index (κ1) is 31.0. The molecule has 11 nitrogen and oxygen atoms in total. The normalized spacial score (nSPS) is 19.6. The number of carbonyl (C=O) groups is 2. The van der Waals surface area contributed by atoms with Crippen molar-refractivity contribution in [3.63, 3.8) is 0 Å². The van der Waals surface area contributed by atoms with Crippen LogP contribution in [0.4, 0.5) is 24.8 Å². The number of aromatic nitrogens is 4. The lowest BCUT2D eigenvalue weighted by molar-refractivity contribution is -0.137. The summed E-state index contributed by atoms with van der Waals surface area (Å²) in [6, 6.07) is 6.35. The summed E-state index contributed by atoms with van der Waals surface area (Å²) >= 11 is 0. The predicted octanol–water partition coefficient (Wildman–Crippen LogP) is 5.39. The maximum absolute atomic E-state index is 13.2. The second kappa shape index (κ2) is 12.8. The van der Waals surface area contributed by atoms with Gasteiger partial charge in [-0.25, -0.2) is 9.97 Å². The summed E-state index contributed by atoms with van der Waals surface area (Å²) in [6.07, 6.45) is 5.41. The minimum atomic E-state index is -4.59. The van der Waals surface area contributed by atoms with Crippen molar-refractivity contribution in [2.24, 2.45) is 0 Å². The molecule has 1 fully saturated rings. The highest BCUT2D eigenvalue weighted by Gasteiger charge is 2.32. The van der Waals surface area contributed by atoms with Crippen LogP contribution in [-0.4, -0.2) is 57.9 Å². The molecule has 1 saturated carbocycles. The lowest BCUT2D eigenvalue weighted by atomic mass is 9.90. The van der Waals surface area contributed by atoms with Gasteiger partial charge >= 0.3 is 6.18 Å². The number of benzene rings is 1. The van der Waals surface area contributed by atoms with Gasteiger partial charge in [0.05, 0.1) is 48.4 Å². The number of amides is 2. The molecule has 1 aliphatic heterocycles. The first-order valence-corrected chi connectivity index (χ1v) is 14.9. The van der Waals surface area contributed by atoms with Crippen molar-refractivity contribution >= 4 is 40.4 Å². The van der Waals surface area contributed by atoms with E-state index in [2.05, 4.69) is 20.6 Å². The number of methoxy groups -OCH3 is 1. The lowest BCUT2D eigenvalue weighted by Crippen LogP contribution is -2.39. The maximum Gasteiger partial charge on any atom is 0.416 e. The zero-order valence-electron chi connectivity index (χ0n) is 24.9. The standard InChI is InChI=1S/C32H32F3N7O4/c1-45-24-14-18(7-8-23(24)31(44)40-25-15-20(9-11-37-25)32(33,34)35)28-27-29-19(17-38-30(27)36)4-3-12-46-13-10-26(43)39-21-5-2-6-22(16-21)42(29)41-28/h3-4,7-9,11,14-15,17,21-22H,2,5-6,10,12-13,16H2,1H3,(H2,36,38)(H,39,43)(H,37,40,44)/b4-3+/t21-,22-/m1/s1. The number of pyridine rings is 2. The van der Waals surface area contributed by atoms with Crippen LogP contribution in [0.15, 0.2) is 48.8 Å². The number of halogens is 3. The number of carbonyl (C=O) groups excluding carboxylic acids is 2. The van der Waals surface area contributed by atoms with Gasteiger partial charge in [0.15, 0.2) is 0 Å². The summed E-state index contributed by atoms with van der Waals surface area (Å²) in [5, 5.41) is 11.2. The molecule has 46 heavy (non-hydrogen) atoms. The number of fused-ring (bicyclic) bond motifs is 3. The van der Waals surface area contributed by atoms with Crippen LogP contribution in [0.25, 0.3) is 28.2 Å². The zero-order valence-corrected chi connectivity index (χ0v) is 24.9. The van der Waals surface area contributed by atoms with Gasteiger partial charge in [-0.1, -0.05) is 18.2 Å². The molecule has 2 aliphatic rings. The smallest absolute Gasteiger partial charge is 0.416 e. The quantitative estimate of drug-likeness (QED) is 0.271. The number of ether oxygens (including phenoxy) is 2. The van der Waals surface area contributed by atoms with Crippen LogP contribution in [-0.2, 0) is 15.7 Å². The SMILES string of the molecule is COc1cc(-c2nn3c4c(cnc(N)c24)/C=C/COCCC(=O)N[C@@H]2CCC[C@@H]3C2)ccc1C(=O)Nc1cc(C(F)(F)F)ccn1. The van der Waals surface area contributed by atoms with Gasteiger partial charge in [0.1, 0.15) is 23.1 Å². The molecule has 2 atom stereocenters. The van der Waals surface area contributed by atoms with Crippen molar-refractivity contribution in [2.45, 2.75) is 50.4 Å². The first-order chi connectivity index (χ1) is 22.1. The monoisotopic (exact) mass is 635 g/mol. The third-order valence-corrected chi connectivity index (χ3v) is 8.17. The number of hydrogen-bond donors (Lipinski definition) is 3. The van der Waals surface area contributed by atoms with Crippen LogP contribution < -0.4 is 21.1 Å². The zero-order chi connectivity index (χ0) is 32.4. The highest BCUT2D eigenvalue weighted by atomic mass is 19.4. The van der Waals surface area contributed by atoms with E-state index < -0.39 is 17.6 Å². The molecule has 0 saturated heterocycles. The maximum atomic E-state index is 13.2. The molecule has 4 N–H and O–H groups in total. The summed E-state index contributed by atoms with van der Waals surface area (Å²) in [7, 11) is 1.39. The van der Waals surface area contributed by atoms with Gasteiger partial charge in [0, 0.05) is 36.0 Å². The Balaban J connectivity index is 1.41. The summed E-state index contributed by atoms with van der Waals surface area (Å²) in [6.45, 7) is 0.625. The molecule has 240 valence electrons. The van der Waals surface area contributed by atoms with Crippen LogP contribution in [0.3, 0.4) is 0 Å². The fourth-order valence-electron chi connectivity index (χ4n) is 6.00. The van der Waals surface area contributed by atoms with E-state index in [9.17, 15) is 22.8 Å². The van der Waals surface area contributed by atoms with Crippen molar-refractivity contribution in [1.82, 2.24) is 25.1 Å². The van der Waals surface area contributed by atoms with E-state index in [1.807, 2.05) is 16.8 Å². The molecule has 4 aromatic rings. The summed E-state index contributed by atoms with van der Waals surface area (Å²) < 4.78 is 52.7. The highest BCUT2D eigenvalue weighted by Crippen LogP contribution is 2.40. The third-order valence-electron chi connectivity index (χ3n) is 8.17. The van der Waals surface area contributed by atoms with E-state index in [1.54, 1.807) is 18.3 Å². The van der Waals surface area contributed by atoms with Crippen LogP contribution >= 0.6 is 0 Å². The molecule has 1 aliphatic carbocycles. The van der Waals surface area contributed by atoms with E-state index in [0.717, 1.165) is 48.7 Å². The van der Waals surface area contributed by atoms with E-state index in [0.29, 0.717) is 36.3 Å². The number of rotatable bonds is 4. The van der Waals surface area contributed by atoms with Crippen molar-refractivity contribution in [3.8, 4) is 17.0 Å². The Morgan fingerprint density at radius 1 is 1.20 bits per heavy atom. The molecule has 0 spiro atoms. The Morgan fingerprint density at radius 2 is 2.04 bits per heavy atom. The number of nitrogens with two attached hydrogens (primary N) is 1. The summed E-state index contributed by atoms with van der Waals surface area (Å²) in [5.74, 6) is -0.565.